The molecule has 0 bridgehead atoms. The molecule has 0 fully saturated rings. The third-order valence-corrected chi connectivity index (χ3v) is 4.15. The molecule has 0 aliphatic rings. The Balaban J connectivity index is 5.15. The SMILES string of the molecule is CN(CC(F)(F)C(F)(F)C(F)(F)F)S(=O)(=O)CCC(F)(F)F. The van der Waals surface area contributed by atoms with E-state index in [1.165, 1.54) is 0 Å². The van der Waals surface area contributed by atoms with Gasteiger partial charge < -0.3 is 0 Å². The average Bonchev–Trinajstić information content (AvgIpc) is 2.23. The van der Waals surface area contributed by atoms with E-state index in [1.807, 2.05) is 0 Å². The van der Waals surface area contributed by atoms with Crippen LogP contribution in [0.4, 0.5) is 43.9 Å². The van der Waals surface area contributed by atoms with Crippen LogP contribution in [-0.2, 0) is 10.0 Å². The summed E-state index contributed by atoms with van der Waals surface area (Å²) < 4.78 is 144. The van der Waals surface area contributed by atoms with Crippen LogP contribution in [0, 0.1) is 0 Å². The molecule has 0 radical (unpaired) electrons. The van der Waals surface area contributed by atoms with Crippen LogP contribution in [0.2, 0.25) is 0 Å². The molecule has 0 saturated heterocycles. The molecule has 0 spiro atoms. The molecule has 0 aromatic heterocycles. The molecule has 0 rings (SSSR count). The van der Waals surface area contributed by atoms with Gasteiger partial charge in [-0.25, -0.2) is 8.42 Å². The molecule has 0 unspecified atom stereocenters. The molecule has 3 nitrogen and oxygen atoms in total. The minimum atomic E-state index is -6.66. The first-order valence-electron chi connectivity index (χ1n) is 5.16. The summed E-state index contributed by atoms with van der Waals surface area (Å²) in [6, 6.07) is 0. The van der Waals surface area contributed by atoms with Crippen molar-refractivity contribution in [2.24, 2.45) is 0 Å². The molecular weight excluding hydrogens is 364 g/mol. The van der Waals surface area contributed by atoms with E-state index in [0.29, 0.717) is 0 Å². The largest absolute Gasteiger partial charge is 0.459 e. The fourth-order valence-corrected chi connectivity index (χ4v) is 2.25. The molecular formula is C8H9F10NO2S. The Labute approximate surface area is 117 Å². The number of hydrogen-bond acceptors (Lipinski definition) is 2. The Bertz CT molecular complexity index is 480. The summed E-state index contributed by atoms with van der Waals surface area (Å²) in [6.07, 6.45) is -13.6. The zero-order valence-corrected chi connectivity index (χ0v) is 11.4. The Kier molecular flexibility index (Phi) is 5.80. The third-order valence-electron chi connectivity index (χ3n) is 2.35. The van der Waals surface area contributed by atoms with E-state index >= 15 is 0 Å². The van der Waals surface area contributed by atoms with Gasteiger partial charge in [0.25, 0.3) is 0 Å². The van der Waals surface area contributed by atoms with Gasteiger partial charge in [-0.3, -0.25) is 0 Å². The van der Waals surface area contributed by atoms with Gasteiger partial charge in [0, 0.05) is 7.05 Å². The lowest BCUT2D eigenvalue weighted by Crippen LogP contribution is -2.57. The maximum atomic E-state index is 13.0. The summed E-state index contributed by atoms with van der Waals surface area (Å²) in [5.74, 6) is -14.2. The maximum Gasteiger partial charge on any atom is 0.459 e. The minimum absolute atomic E-state index is 0.173. The van der Waals surface area contributed by atoms with Gasteiger partial charge in [0.15, 0.2) is 0 Å². The first-order valence-corrected chi connectivity index (χ1v) is 6.77. The first-order chi connectivity index (χ1) is 9.33. The molecule has 0 amide bonds. The van der Waals surface area contributed by atoms with Crippen LogP contribution in [-0.4, -0.2) is 56.3 Å². The molecule has 22 heavy (non-hydrogen) atoms. The van der Waals surface area contributed by atoms with E-state index < -0.39 is 57.2 Å². The lowest BCUT2D eigenvalue weighted by atomic mass is 10.1. The van der Waals surface area contributed by atoms with Gasteiger partial charge in [-0.1, -0.05) is 0 Å². The van der Waals surface area contributed by atoms with Crippen molar-refractivity contribution in [3.63, 3.8) is 0 Å². The van der Waals surface area contributed by atoms with E-state index in [-0.39, 0.29) is 7.05 Å². The summed E-state index contributed by atoms with van der Waals surface area (Å²) >= 11 is 0. The highest BCUT2D eigenvalue weighted by atomic mass is 32.2. The Hall–Kier alpha value is -0.790. The highest BCUT2D eigenvalue weighted by Gasteiger charge is 2.73. The van der Waals surface area contributed by atoms with Crippen LogP contribution in [0.25, 0.3) is 0 Å². The molecule has 134 valence electrons. The fraction of sp³-hybridized carbons (Fsp3) is 1.00. The highest BCUT2D eigenvalue weighted by Crippen LogP contribution is 2.46. The predicted octanol–water partition coefficient (Wildman–Crippen LogP) is 3.03. The molecule has 0 aliphatic carbocycles. The topological polar surface area (TPSA) is 37.4 Å². The third kappa shape index (κ3) is 5.14. The quantitative estimate of drug-likeness (QED) is 0.672. The minimum Gasteiger partial charge on any atom is -0.212 e. The van der Waals surface area contributed by atoms with Gasteiger partial charge in [0.1, 0.15) is 0 Å². The highest BCUT2D eigenvalue weighted by molar-refractivity contribution is 7.89. The molecule has 0 saturated carbocycles. The molecule has 0 aliphatic heterocycles. The predicted molar refractivity (Wildman–Crippen MR) is 53.0 cm³/mol. The molecule has 0 aromatic rings. The lowest BCUT2D eigenvalue weighted by Gasteiger charge is -2.30. The Morgan fingerprint density at radius 3 is 1.59 bits per heavy atom. The van der Waals surface area contributed by atoms with E-state index in [4.69, 9.17) is 0 Å². The van der Waals surface area contributed by atoms with Crippen LogP contribution in [0.5, 0.6) is 0 Å². The van der Waals surface area contributed by atoms with Crippen molar-refractivity contribution in [2.75, 3.05) is 19.3 Å². The van der Waals surface area contributed by atoms with Crippen LogP contribution < -0.4 is 0 Å². The average molecular weight is 373 g/mol. The second kappa shape index (κ2) is 6.02. The molecule has 14 heteroatoms. The second-order valence-corrected chi connectivity index (χ2v) is 6.41. The summed E-state index contributed by atoms with van der Waals surface area (Å²) in [4.78, 5) is 0. The molecule has 0 heterocycles. The second-order valence-electron chi connectivity index (χ2n) is 4.21. The zero-order chi connectivity index (χ0) is 18.2. The van der Waals surface area contributed by atoms with Crippen molar-refractivity contribution in [1.29, 1.82) is 0 Å². The van der Waals surface area contributed by atoms with Crippen LogP contribution in [0.3, 0.4) is 0 Å². The van der Waals surface area contributed by atoms with Gasteiger partial charge in [0.05, 0.1) is 18.7 Å². The maximum absolute atomic E-state index is 13.0. The normalized spacial score (nSPS) is 15.5. The number of nitrogens with zero attached hydrogens (tertiary/aromatic N) is 1. The van der Waals surface area contributed by atoms with E-state index in [1.54, 1.807) is 0 Å². The molecule has 0 N–H and O–H groups in total. The van der Waals surface area contributed by atoms with E-state index in [0.717, 1.165) is 0 Å². The van der Waals surface area contributed by atoms with Gasteiger partial charge in [-0.15, -0.1) is 0 Å². The van der Waals surface area contributed by atoms with Crippen molar-refractivity contribution in [3.05, 3.63) is 0 Å². The van der Waals surface area contributed by atoms with E-state index in [9.17, 15) is 52.3 Å². The van der Waals surface area contributed by atoms with Gasteiger partial charge in [-0.05, 0) is 0 Å². The Morgan fingerprint density at radius 1 is 0.864 bits per heavy atom. The van der Waals surface area contributed by atoms with Crippen LogP contribution in [0.15, 0.2) is 0 Å². The summed E-state index contributed by atoms with van der Waals surface area (Å²) in [5, 5.41) is 0. The fourth-order valence-electron chi connectivity index (χ4n) is 1.09. The monoisotopic (exact) mass is 373 g/mol. The van der Waals surface area contributed by atoms with Gasteiger partial charge >= 0.3 is 24.2 Å². The van der Waals surface area contributed by atoms with Crippen molar-refractivity contribution < 1.29 is 52.3 Å². The van der Waals surface area contributed by atoms with E-state index in [2.05, 4.69) is 0 Å². The number of halogens is 10. The smallest absolute Gasteiger partial charge is 0.212 e. The standard InChI is InChI=1S/C8H9F10NO2S/c1-19(22(20,21)3-2-6(11,12)13)4-5(9,10)7(14,15)8(16,17)18/h2-4H2,1H3. The number of rotatable bonds is 6. The van der Waals surface area contributed by atoms with Crippen molar-refractivity contribution >= 4 is 10.0 Å². The molecule has 0 atom stereocenters. The number of alkyl halides is 10. The van der Waals surface area contributed by atoms with Crippen molar-refractivity contribution in [1.82, 2.24) is 4.31 Å². The number of sulfonamides is 1. The van der Waals surface area contributed by atoms with Crippen LogP contribution in [0.1, 0.15) is 6.42 Å². The summed E-state index contributed by atoms with van der Waals surface area (Å²) in [7, 11) is -4.93. The van der Waals surface area contributed by atoms with Crippen molar-refractivity contribution in [2.45, 2.75) is 30.6 Å². The van der Waals surface area contributed by atoms with Gasteiger partial charge in [-0.2, -0.15) is 48.2 Å². The zero-order valence-electron chi connectivity index (χ0n) is 10.6. The van der Waals surface area contributed by atoms with Crippen molar-refractivity contribution in [3.8, 4) is 0 Å². The van der Waals surface area contributed by atoms with Crippen LogP contribution >= 0.6 is 0 Å². The van der Waals surface area contributed by atoms with Gasteiger partial charge in [0.2, 0.25) is 10.0 Å². The first kappa shape index (κ1) is 21.2. The Morgan fingerprint density at radius 2 is 1.27 bits per heavy atom. The molecule has 0 aromatic carbocycles. The number of hydrogen-bond donors (Lipinski definition) is 0. The summed E-state index contributed by atoms with van der Waals surface area (Å²) in [5.41, 5.74) is 0. The summed E-state index contributed by atoms with van der Waals surface area (Å²) in [6.45, 7) is -2.63. The lowest BCUT2D eigenvalue weighted by molar-refractivity contribution is -0.354.